The highest BCUT2D eigenvalue weighted by Crippen LogP contribution is 2.14. The third kappa shape index (κ3) is 3.12. The molecule has 1 aromatic heterocycles. The van der Waals surface area contributed by atoms with Crippen LogP contribution in [0.25, 0.3) is 0 Å². The van der Waals surface area contributed by atoms with Gasteiger partial charge >= 0.3 is 0 Å². The van der Waals surface area contributed by atoms with Crippen molar-refractivity contribution >= 4 is 5.82 Å². The van der Waals surface area contributed by atoms with Crippen molar-refractivity contribution < 1.29 is 9.84 Å². The molecule has 6 heteroatoms. The first-order chi connectivity index (χ1) is 8.19. The number of aliphatic hydroxyl groups excluding tert-OH is 1. The van der Waals surface area contributed by atoms with E-state index < -0.39 is 0 Å². The Kier molecular flexibility index (Phi) is 3.88. The molecule has 1 saturated heterocycles. The normalized spacial score (nSPS) is 26.0. The van der Waals surface area contributed by atoms with Crippen LogP contribution in [0.3, 0.4) is 0 Å². The Hall–Kier alpha value is -1.24. The van der Waals surface area contributed by atoms with Crippen molar-refractivity contribution in [3.05, 3.63) is 18.1 Å². The van der Waals surface area contributed by atoms with E-state index in [-0.39, 0.29) is 12.7 Å². The number of hydrogen-bond acceptors (Lipinski definition) is 6. The zero-order chi connectivity index (χ0) is 12.3. The number of anilines is 1. The zero-order valence-corrected chi connectivity index (χ0v) is 9.91. The van der Waals surface area contributed by atoms with Crippen molar-refractivity contribution in [2.75, 3.05) is 25.5 Å². The molecule has 0 spiro atoms. The van der Waals surface area contributed by atoms with Crippen LogP contribution in [0.4, 0.5) is 5.82 Å². The summed E-state index contributed by atoms with van der Waals surface area (Å²) in [5.74, 6) is 0.428. The second-order valence-electron chi connectivity index (χ2n) is 4.35. The third-order valence-electron chi connectivity index (χ3n) is 2.93. The molecule has 3 N–H and O–H groups in total. The van der Waals surface area contributed by atoms with Gasteiger partial charge in [0.1, 0.15) is 5.82 Å². The van der Waals surface area contributed by atoms with Gasteiger partial charge in [0.25, 0.3) is 0 Å². The molecule has 2 unspecified atom stereocenters. The van der Waals surface area contributed by atoms with Crippen LogP contribution in [-0.4, -0.2) is 51.9 Å². The molecule has 0 bridgehead atoms. The number of nitrogens with zero attached hydrogens (tertiary/aromatic N) is 3. The summed E-state index contributed by atoms with van der Waals surface area (Å²) < 4.78 is 5.48. The molecule has 0 aliphatic carbocycles. The van der Waals surface area contributed by atoms with Crippen molar-refractivity contribution in [3.8, 4) is 0 Å². The molecule has 2 rings (SSSR count). The average molecular weight is 238 g/mol. The third-order valence-corrected chi connectivity index (χ3v) is 2.93. The molecule has 0 aromatic carbocycles. The highest BCUT2D eigenvalue weighted by Gasteiger charge is 2.25. The summed E-state index contributed by atoms with van der Waals surface area (Å²) in [5, 5.41) is 9.10. The van der Waals surface area contributed by atoms with Crippen LogP contribution in [0.5, 0.6) is 0 Å². The lowest BCUT2D eigenvalue weighted by molar-refractivity contribution is -0.0808. The van der Waals surface area contributed by atoms with E-state index in [9.17, 15) is 0 Å². The Labute approximate surface area is 100 Å². The SMILES string of the molecule is CC1COC(CO)CN1Cc1cnc(N)cn1. The summed E-state index contributed by atoms with van der Waals surface area (Å²) in [4.78, 5) is 10.5. The van der Waals surface area contributed by atoms with E-state index in [2.05, 4.69) is 21.8 Å². The minimum absolute atomic E-state index is 0.0522. The highest BCUT2D eigenvalue weighted by atomic mass is 16.5. The van der Waals surface area contributed by atoms with Gasteiger partial charge in [0.15, 0.2) is 0 Å². The molecular formula is C11H18N4O2. The van der Waals surface area contributed by atoms with E-state index >= 15 is 0 Å². The van der Waals surface area contributed by atoms with Gasteiger partial charge in [-0.15, -0.1) is 0 Å². The molecule has 1 aromatic rings. The Balaban J connectivity index is 1.98. The number of aliphatic hydroxyl groups is 1. The molecule has 1 aliphatic rings. The molecule has 0 radical (unpaired) electrons. The standard InChI is InChI=1S/C11H18N4O2/c1-8-7-17-10(6-16)5-15(8)4-9-2-14-11(12)3-13-9/h2-3,8,10,16H,4-7H2,1H3,(H2,12,14). The van der Waals surface area contributed by atoms with E-state index in [4.69, 9.17) is 15.6 Å². The van der Waals surface area contributed by atoms with Gasteiger partial charge in [-0.1, -0.05) is 0 Å². The Morgan fingerprint density at radius 1 is 1.53 bits per heavy atom. The number of ether oxygens (including phenoxy) is 1. The van der Waals surface area contributed by atoms with Gasteiger partial charge in [-0.3, -0.25) is 9.88 Å². The van der Waals surface area contributed by atoms with Crippen LogP contribution in [0, 0.1) is 0 Å². The van der Waals surface area contributed by atoms with Gasteiger partial charge in [-0.25, -0.2) is 4.98 Å². The Morgan fingerprint density at radius 2 is 2.35 bits per heavy atom. The maximum absolute atomic E-state index is 9.10. The number of morpholine rings is 1. The monoisotopic (exact) mass is 238 g/mol. The maximum Gasteiger partial charge on any atom is 0.141 e. The smallest absolute Gasteiger partial charge is 0.141 e. The number of nitrogens with two attached hydrogens (primary N) is 1. The molecule has 17 heavy (non-hydrogen) atoms. The van der Waals surface area contributed by atoms with E-state index in [1.54, 1.807) is 12.4 Å². The molecule has 6 nitrogen and oxygen atoms in total. The fourth-order valence-corrected chi connectivity index (χ4v) is 1.86. The number of aromatic nitrogens is 2. The van der Waals surface area contributed by atoms with Gasteiger partial charge in [-0.2, -0.15) is 0 Å². The summed E-state index contributed by atoms with van der Waals surface area (Å²) in [6.45, 7) is 4.20. The highest BCUT2D eigenvalue weighted by molar-refractivity contribution is 5.22. The van der Waals surface area contributed by atoms with Gasteiger partial charge in [0.05, 0.1) is 37.4 Å². The van der Waals surface area contributed by atoms with Crippen molar-refractivity contribution in [1.82, 2.24) is 14.9 Å². The van der Waals surface area contributed by atoms with Gasteiger partial charge in [-0.05, 0) is 6.92 Å². The number of rotatable bonds is 3. The Bertz CT molecular complexity index is 357. The molecule has 0 saturated carbocycles. The molecule has 0 amide bonds. The fourth-order valence-electron chi connectivity index (χ4n) is 1.86. The van der Waals surface area contributed by atoms with Crippen LogP contribution < -0.4 is 5.73 Å². The first kappa shape index (κ1) is 12.2. The van der Waals surface area contributed by atoms with Crippen molar-refractivity contribution in [1.29, 1.82) is 0 Å². The predicted molar refractivity (Wildman–Crippen MR) is 63.1 cm³/mol. The predicted octanol–water partition coefficient (Wildman–Crippen LogP) is -0.360. The number of hydrogen-bond donors (Lipinski definition) is 2. The quantitative estimate of drug-likeness (QED) is 0.748. The summed E-state index contributed by atoms with van der Waals surface area (Å²) in [7, 11) is 0. The molecule has 2 heterocycles. The van der Waals surface area contributed by atoms with Crippen molar-refractivity contribution in [3.63, 3.8) is 0 Å². The molecule has 1 fully saturated rings. The van der Waals surface area contributed by atoms with E-state index in [0.29, 0.717) is 31.6 Å². The molecule has 2 atom stereocenters. The zero-order valence-electron chi connectivity index (χ0n) is 9.91. The largest absolute Gasteiger partial charge is 0.394 e. The van der Waals surface area contributed by atoms with Gasteiger partial charge in [0, 0.05) is 19.1 Å². The van der Waals surface area contributed by atoms with Crippen LogP contribution in [-0.2, 0) is 11.3 Å². The van der Waals surface area contributed by atoms with Crippen LogP contribution in [0.15, 0.2) is 12.4 Å². The second-order valence-corrected chi connectivity index (χ2v) is 4.35. The van der Waals surface area contributed by atoms with Gasteiger partial charge in [0.2, 0.25) is 0 Å². The van der Waals surface area contributed by atoms with Crippen molar-refractivity contribution in [2.24, 2.45) is 0 Å². The second kappa shape index (κ2) is 5.39. The molecular weight excluding hydrogens is 220 g/mol. The van der Waals surface area contributed by atoms with Crippen LogP contribution >= 0.6 is 0 Å². The van der Waals surface area contributed by atoms with Crippen molar-refractivity contribution in [2.45, 2.75) is 25.6 Å². The molecule has 94 valence electrons. The summed E-state index contributed by atoms with van der Waals surface area (Å²) in [6, 6.07) is 0.317. The minimum Gasteiger partial charge on any atom is -0.394 e. The minimum atomic E-state index is -0.104. The lowest BCUT2D eigenvalue weighted by Crippen LogP contribution is -2.48. The van der Waals surface area contributed by atoms with Gasteiger partial charge < -0.3 is 15.6 Å². The fraction of sp³-hybridized carbons (Fsp3) is 0.636. The summed E-state index contributed by atoms with van der Waals surface area (Å²) >= 11 is 0. The molecule has 1 aliphatic heterocycles. The van der Waals surface area contributed by atoms with Crippen LogP contribution in [0.2, 0.25) is 0 Å². The van der Waals surface area contributed by atoms with E-state index in [0.717, 1.165) is 5.69 Å². The summed E-state index contributed by atoms with van der Waals surface area (Å²) in [5.41, 5.74) is 6.37. The van der Waals surface area contributed by atoms with Crippen LogP contribution in [0.1, 0.15) is 12.6 Å². The lowest BCUT2D eigenvalue weighted by Gasteiger charge is -2.37. The topological polar surface area (TPSA) is 84.5 Å². The lowest BCUT2D eigenvalue weighted by atomic mass is 10.2. The summed E-state index contributed by atoms with van der Waals surface area (Å²) in [6.07, 6.45) is 3.14. The average Bonchev–Trinajstić information content (AvgIpc) is 2.35. The number of nitrogen functional groups attached to an aromatic ring is 1. The first-order valence-electron chi connectivity index (χ1n) is 5.72. The first-order valence-corrected chi connectivity index (χ1v) is 5.72. The van der Waals surface area contributed by atoms with E-state index in [1.165, 1.54) is 0 Å². The Morgan fingerprint density at radius 3 is 3.00 bits per heavy atom. The maximum atomic E-state index is 9.10. The van der Waals surface area contributed by atoms with E-state index in [1.807, 2.05) is 0 Å².